The summed E-state index contributed by atoms with van der Waals surface area (Å²) in [4.78, 5) is 0. The zero-order valence-corrected chi connectivity index (χ0v) is 14.6. The third-order valence-corrected chi connectivity index (χ3v) is 3.87. The first-order valence-electron chi connectivity index (χ1n) is 8.41. The van der Waals surface area contributed by atoms with Gasteiger partial charge in [0.15, 0.2) is 0 Å². The minimum Gasteiger partial charge on any atom is -0.457 e. The van der Waals surface area contributed by atoms with Crippen LogP contribution in [0.25, 0.3) is 0 Å². The van der Waals surface area contributed by atoms with E-state index in [1.165, 1.54) is 0 Å². The molecular weight excluding hydrogens is 333 g/mol. The molecule has 2 aromatic carbocycles. The summed E-state index contributed by atoms with van der Waals surface area (Å²) in [7, 11) is 1.19. The number of nitriles is 1. The molecule has 0 radical (unpaired) electrons. The van der Waals surface area contributed by atoms with Gasteiger partial charge in [0.05, 0.1) is 18.2 Å². The minimum atomic E-state index is -0.395. The second-order valence-electron chi connectivity index (χ2n) is 5.78. The Balaban J connectivity index is 1.79. The van der Waals surface area contributed by atoms with Crippen molar-refractivity contribution < 1.29 is 23.5 Å². The summed E-state index contributed by atoms with van der Waals surface area (Å²) in [6.45, 7) is 1.91. The van der Waals surface area contributed by atoms with Gasteiger partial charge in [-0.05, 0) is 53.8 Å². The van der Waals surface area contributed by atoms with E-state index in [1.54, 1.807) is 31.4 Å². The maximum atomic E-state index is 8.87. The highest BCUT2D eigenvalue weighted by Crippen LogP contribution is 2.23. The van der Waals surface area contributed by atoms with E-state index in [1.807, 2.05) is 18.2 Å². The number of rotatable bonds is 7. The van der Waals surface area contributed by atoms with Crippen molar-refractivity contribution in [1.82, 2.24) is 0 Å². The van der Waals surface area contributed by atoms with Crippen LogP contribution in [0.5, 0.6) is 11.5 Å². The second kappa shape index (κ2) is 9.37. The summed E-state index contributed by atoms with van der Waals surface area (Å²) in [5.74, 6) is 1.33. The Bertz CT molecular complexity index is 754. The van der Waals surface area contributed by atoms with Crippen molar-refractivity contribution in [1.29, 1.82) is 5.26 Å². The molecule has 0 aromatic heterocycles. The molecule has 0 aliphatic carbocycles. The van der Waals surface area contributed by atoms with Crippen LogP contribution in [-0.4, -0.2) is 34.2 Å². The Morgan fingerprint density at radius 1 is 1.08 bits per heavy atom. The van der Waals surface area contributed by atoms with Gasteiger partial charge in [0, 0.05) is 20.3 Å². The molecule has 0 unspecified atom stereocenters. The van der Waals surface area contributed by atoms with Gasteiger partial charge >= 0.3 is 7.12 Å². The molecule has 0 N–H and O–H groups in total. The molecule has 1 heterocycles. The lowest BCUT2D eigenvalue weighted by atomic mass is 9.75. The van der Waals surface area contributed by atoms with Crippen molar-refractivity contribution >= 4 is 12.6 Å². The summed E-state index contributed by atoms with van der Waals surface area (Å²) >= 11 is 0. The smallest absolute Gasteiger partial charge is 0.457 e. The van der Waals surface area contributed by atoms with Gasteiger partial charge in [-0.1, -0.05) is 6.07 Å². The van der Waals surface area contributed by atoms with Crippen LogP contribution < -0.4 is 10.2 Å². The van der Waals surface area contributed by atoms with Gasteiger partial charge in [-0.25, -0.2) is 0 Å². The molecule has 26 heavy (non-hydrogen) atoms. The molecule has 7 heteroatoms. The van der Waals surface area contributed by atoms with Gasteiger partial charge in [-0.2, -0.15) is 5.26 Å². The molecule has 0 amide bonds. The standard InChI is InChI=1S/C19H20BNO5/c1-22-14-23-13-16-11-18(26-17-5-3-15(12-21)4-6-17)7-8-19(16)20-24-9-2-10-25-20/h3-8,11H,2,9-10,13-14H2,1H3. The van der Waals surface area contributed by atoms with Crippen LogP contribution in [0.4, 0.5) is 0 Å². The van der Waals surface area contributed by atoms with Crippen LogP contribution in [0.2, 0.25) is 0 Å². The van der Waals surface area contributed by atoms with E-state index in [2.05, 4.69) is 6.07 Å². The van der Waals surface area contributed by atoms with Gasteiger partial charge in [0.1, 0.15) is 18.3 Å². The van der Waals surface area contributed by atoms with Crippen LogP contribution in [0.3, 0.4) is 0 Å². The van der Waals surface area contributed by atoms with Crippen molar-refractivity contribution in [3.8, 4) is 17.6 Å². The lowest BCUT2D eigenvalue weighted by Gasteiger charge is -2.22. The number of hydrogen-bond acceptors (Lipinski definition) is 6. The molecule has 6 nitrogen and oxygen atoms in total. The Morgan fingerprint density at radius 2 is 1.81 bits per heavy atom. The largest absolute Gasteiger partial charge is 0.494 e. The highest BCUT2D eigenvalue weighted by atomic mass is 16.7. The maximum Gasteiger partial charge on any atom is 0.494 e. The third kappa shape index (κ3) is 4.84. The fourth-order valence-electron chi connectivity index (χ4n) is 2.64. The summed E-state index contributed by atoms with van der Waals surface area (Å²) in [5, 5.41) is 8.87. The van der Waals surface area contributed by atoms with Crippen molar-refractivity contribution in [3.63, 3.8) is 0 Å². The van der Waals surface area contributed by atoms with E-state index in [9.17, 15) is 0 Å². The summed E-state index contributed by atoms with van der Waals surface area (Å²) < 4.78 is 27.8. The Hall–Kier alpha value is -2.37. The maximum absolute atomic E-state index is 8.87. The van der Waals surface area contributed by atoms with Crippen molar-refractivity contribution in [2.24, 2.45) is 0 Å². The molecule has 2 aromatic rings. The molecule has 1 fully saturated rings. The van der Waals surface area contributed by atoms with Crippen LogP contribution >= 0.6 is 0 Å². The molecule has 1 aliphatic rings. The molecule has 1 aliphatic heterocycles. The van der Waals surface area contributed by atoms with Gasteiger partial charge in [-0.15, -0.1) is 0 Å². The molecular formula is C19H20BNO5. The molecule has 0 atom stereocenters. The number of nitrogens with zero attached hydrogens (tertiary/aromatic N) is 1. The first-order valence-corrected chi connectivity index (χ1v) is 8.41. The van der Waals surface area contributed by atoms with E-state index in [0.29, 0.717) is 36.9 Å². The predicted molar refractivity (Wildman–Crippen MR) is 96.2 cm³/mol. The lowest BCUT2D eigenvalue weighted by molar-refractivity contribution is -0.0389. The third-order valence-electron chi connectivity index (χ3n) is 3.87. The average Bonchev–Trinajstić information content (AvgIpc) is 2.70. The van der Waals surface area contributed by atoms with Crippen molar-refractivity contribution in [3.05, 3.63) is 53.6 Å². The number of methoxy groups -OCH3 is 1. The first-order chi connectivity index (χ1) is 12.8. The lowest BCUT2D eigenvalue weighted by Crippen LogP contribution is -2.42. The predicted octanol–water partition coefficient (Wildman–Crippen LogP) is 2.60. The van der Waals surface area contributed by atoms with E-state index in [4.69, 9.17) is 28.8 Å². The van der Waals surface area contributed by atoms with Gasteiger partial charge in [0.2, 0.25) is 0 Å². The van der Waals surface area contributed by atoms with E-state index < -0.39 is 7.12 Å². The number of hydrogen-bond donors (Lipinski definition) is 0. The quantitative estimate of drug-likeness (QED) is 0.433. The minimum absolute atomic E-state index is 0.201. The summed E-state index contributed by atoms with van der Waals surface area (Å²) in [6.07, 6.45) is 0.895. The Morgan fingerprint density at radius 3 is 2.50 bits per heavy atom. The zero-order valence-electron chi connectivity index (χ0n) is 14.6. The van der Waals surface area contributed by atoms with Crippen LogP contribution in [0, 0.1) is 11.3 Å². The van der Waals surface area contributed by atoms with Gasteiger partial charge in [0.25, 0.3) is 0 Å². The first kappa shape index (κ1) is 18.4. The van der Waals surface area contributed by atoms with Gasteiger partial charge in [-0.3, -0.25) is 0 Å². The van der Waals surface area contributed by atoms with Crippen molar-refractivity contribution in [2.45, 2.75) is 13.0 Å². The van der Waals surface area contributed by atoms with Crippen molar-refractivity contribution in [2.75, 3.05) is 27.1 Å². The molecule has 0 bridgehead atoms. The highest BCUT2D eigenvalue weighted by Gasteiger charge is 2.27. The highest BCUT2D eigenvalue weighted by molar-refractivity contribution is 6.62. The molecule has 0 saturated carbocycles. The normalized spacial score (nSPS) is 14.1. The molecule has 3 rings (SSSR count). The Kier molecular flexibility index (Phi) is 6.64. The fraction of sp³-hybridized carbons (Fsp3) is 0.316. The summed E-state index contributed by atoms with van der Waals surface area (Å²) in [5.41, 5.74) is 2.43. The van der Waals surface area contributed by atoms with Crippen LogP contribution in [0.15, 0.2) is 42.5 Å². The van der Waals surface area contributed by atoms with Crippen LogP contribution in [0.1, 0.15) is 17.5 Å². The summed E-state index contributed by atoms with van der Waals surface area (Å²) in [6, 6.07) is 14.8. The van der Waals surface area contributed by atoms with E-state index >= 15 is 0 Å². The van der Waals surface area contributed by atoms with E-state index in [0.717, 1.165) is 17.4 Å². The number of ether oxygens (including phenoxy) is 3. The fourth-order valence-corrected chi connectivity index (χ4v) is 2.64. The molecule has 0 spiro atoms. The molecule has 134 valence electrons. The zero-order chi connectivity index (χ0) is 18.2. The SMILES string of the molecule is COCOCc1cc(Oc2ccc(C#N)cc2)ccc1B1OCCCO1. The monoisotopic (exact) mass is 353 g/mol. The second-order valence-corrected chi connectivity index (χ2v) is 5.78. The molecule has 1 saturated heterocycles. The number of benzene rings is 2. The van der Waals surface area contributed by atoms with Crippen LogP contribution in [-0.2, 0) is 25.4 Å². The Labute approximate surface area is 153 Å². The van der Waals surface area contributed by atoms with E-state index in [-0.39, 0.29) is 6.79 Å². The van der Waals surface area contributed by atoms with Gasteiger partial charge < -0.3 is 23.5 Å². The topological polar surface area (TPSA) is 69.9 Å². The average molecular weight is 353 g/mol.